The first-order valence-corrected chi connectivity index (χ1v) is 5.11. The van der Waals surface area contributed by atoms with Gasteiger partial charge >= 0.3 is 0 Å². The predicted octanol–water partition coefficient (Wildman–Crippen LogP) is 1.98. The second kappa shape index (κ2) is 4.74. The highest BCUT2D eigenvalue weighted by Crippen LogP contribution is 2.21. The second-order valence-electron chi connectivity index (χ2n) is 3.08. The van der Waals surface area contributed by atoms with Crippen LogP contribution in [0, 0.1) is 6.92 Å². The zero-order valence-electron chi connectivity index (χ0n) is 7.97. The van der Waals surface area contributed by atoms with Crippen molar-refractivity contribution >= 4 is 15.9 Å². The van der Waals surface area contributed by atoms with Crippen molar-refractivity contribution < 1.29 is 0 Å². The number of rotatable bonds is 3. The Kier molecular flexibility index (Phi) is 3.90. The molecule has 0 fully saturated rings. The molecule has 0 heterocycles. The maximum Gasteiger partial charge on any atom is 0.0445 e. The fraction of sp³-hybridized carbons (Fsp3) is 0.400. The van der Waals surface area contributed by atoms with Gasteiger partial charge in [0, 0.05) is 17.1 Å². The predicted molar refractivity (Wildman–Crippen MR) is 59.7 cm³/mol. The van der Waals surface area contributed by atoms with E-state index in [2.05, 4.69) is 40.3 Å². The van der Waals surface area contributed by atoms with E-state index in [4.69, 9.17) is 5.73 Å². The minimum Gasteiger partial charge on any atom is -0.329 e. The molecule has 1 atom stereocenters. The van der Waals surface area contributed by atoms with Gasteiger partial charge in [0.15, 0.2) is 0 Å². The van der Waals surface area contributed by atoms with Crippen molar-refractivity contribution in [3.63, 3.8) is 0 Å². The molecule has 0 aromatic heterocycles. The maximum atomic E-state index is 5.66. The highest BCUT2D eigenvalue weighted by molar-refractivity contribution is 9.10. The summed E-state index contributed by atoms with van der Waals surface area (Å²) in [5, 5.41) is 3.19. The minimum absolute atomic E-state index is 0.248. The van der Waals surface area contributed by atoms with Crippen LogP contribution in [0.15, 0.2) is 22.7 Å². The van der Waals surface area contributed by atoms with Crippen LogP contribution in [-0.2, 0) is 0 Å². The molecular formula is C10H15BrN2. The molecular weight excluding hydrogens is 228 g/mol. The standard InChI is InChI=1S/C10H15BrN2/c1-7-3-4-8(11)5-9(7)10(6-12)13-2/h3-5,10,13H,6,12H2,1-2H3. The van der Waals surface area contributed by atoms with Gasteiger partial charge in [-0.1, -0.05) is 22.0 Å². The van der Waals surface area contributed by atoms with Crippen LogP contribution in [0.2, 0.25) is 0 Å². The molecule has 72 valence electrons. The summed E-state index contributed by atoms with van der Waals surface area (Å²) < 4.78 is 1.10. The van der Waals surface area contributed by atoms with Crippen LogP contribution in [0.5, 0.6) is 0 Å². The highest BCUT2D eigenvalue weighted by Gasteiger charge is 2.09. The molecule has 1 rings (SSSR count). The molecule has 13 heavy (non-hydrogen) atoms. The Hall–Kier alpha value is -0.380. The lowest BCUT2D eigenvalue weighted by Crippen LogP contribution is -2.25. The molecule has 0 bridgehead atoms. The fourth-order valence-corrected chi connectivity index (χ4v) is 1.77. The van der Waals surface area contributed by atoms with Gasteiger partial charge in [0.2, 0.25) is 0 Å². The van der Waals surface area contributed by atoms with Crippen molar-refractivity contribution in [1.29, 1.82) is 0 Å². The third-order valence-corrected chi connectivity index (χ3v) is 2.69. The molecule has 2 nitrogen and oxygen atoms in total. The van der Waals surface area contributed by atoms with E-state index in [9.17, 15) is 0 Å². The number of nitrogens with two attached hydrogens (primary N) is 1. The molecule has 1 unspecified atom stereocenters. The number of hydrogen-bond acceptors (Lipinski definition) is 2. The van der Waals surface area contributed by atoms with Crippen LogP contribution in [0.4, 0.5) is 0 Å². The summed E-state index contributed by atoms with van der Waals surface area (Å²) in [6.45, 7) is 2.72. The first-order valence-electron chi connectivity index (χ1n) is 4.32. The van der Waals surface area contributed by atoms with Gasteiger partial charge in [-0.15, -0.1) is 0 Å². The molecule has 0 aliphatic carbocycles. The number of aryl methyl sites for hydroxylation is 1. The number of likely N-dealkylation sites (N-methyl/N-ethyl adjacent to an activating group) is 1. The van der Waals surface area contributed by atoms with Gasteiger partial charge in [-0.05, 0) is 37.2 Å². The molecule has 1 aromatic rings. The monoisotopic (exact) mass is 242 g/mol. The summed E-state index contributed by atoms with van der Waals surface area (Å²) in [5.41, 5.74) is 8.19. The Labute approximate surface area is 87.6 Å². The Balaban J connectivity index is 3.03. The van der Waals surface area contributed by atoms with E-state index < -0.39 is 0 Å². The molecule has 0 aliphatic rings. The number of benzene rings is 1. The van der Waals surface area contributed by atoms with E-state index in [1.165, 1.54) is 11.1 Å². The van der Waals surface area contributed by atoms with Crippen molar-refractivity contribution in [1.82, 2.24) is 5.32 Å². The third-order valence-electron chi connectivity index (χ3n) is 2.20. The lowest BCUT2D eigenvalue weighted by molar-refractivity contribution is 0.602. The molecule has 0 amide bonds. The molecule has 3 heteroatoms. The van der Waals surface area contributed by atoms with Crippen LogP contribution in [-0.4, -0.2) is 13.6 Å². The average Bonchev–Trinajstić information content (AvgIpc) is 2.13. The summed E-state index contributed by atoms with van der Waals surface area (Å²) in [6, 6.07) is 6.50. The zero-order chi connectivity index (χ0) is 9.84. The molecule has 3 N–H and O–H groups in total. The molecule has 0 aliphatic heterocycles. The van der Waals surface area contributed by atoms with Crippen LogP contribution in [0.3, 0.4) is 0 Å². The van der Waals surface area contributed by atoms with Crippen molar-refractivity contribution in [2.75, 3.05) is 13.6 Å². The van der Waals surface area contributed by atoms with Gasteiger partial charge in [0.25, 0.3) is 0 Å². The minimum atomic E-state index is 0.248. The number of hydrogen-bond donors (Lipinski definition) is 2. The molecule has 0 saturated heterocycles. The first-order chi connectivity index (χ1) is 6.19. The normalized spacial score (nSPS) is 12.9. The molecule has 0 spiro atoms. The number of nitrogens with one attached hydrogen (secondary N) is 1. The smallest absolute Gasteiger partial charge is 0.0445 e. The molecule has 0 radical (unpaired) electrons. The lowest BCUT2D eigenvalue weighted by Gasteiger charge is -2.16. The van der Waals surface area contributed by atoms with E-state index in [0.29, 0.717) is 6.54 Å². The van der Waals surface area contributed by atoms with Gasteiger partial charge in [-0.25, -0.2) is 0 Å². The van der Waals surface area contributed by atoms with Crippen LogP contribution in [0.25, 0.3) is 0 Å². The van der Waals surface area contributed by atoms with E-state index in [-0.39, 0.29) is 6.04 Å². The van der Waals surface area contributed by atoms with Crippen LogP contribution < -0.4 is 11.1 Å². The van der Waals surface area contributed by atoms with E-state index in [1.54, 1.807) is 0 Å². The van der Waals surface area contributed by atoms with Crippen molar-refractivity contribution in [3.05, 3.63) is 33.8 Å². The summed E-state index contributed by atoms with van der Waals surface area (Å²) in [6.07, 6.45) is 0. The van der Waals surface area contributed by atoms with Gasteiger partial charge < -0.3 is 11.1 Å². The van der Waals surface area contributed by atoms with Gasteiger partial charge in [0.05, 0.1) is 0 Å². The summed E-state index contributed by atoms with van der Waals surface area (Å²) in [7, 11) is 1.93. The topological polar surface area (TPSA) is 38.0 Å². The number of halogens is 1. The third kappa shape index (κ3) is 2.53. The van der Waals surface area contributed by atoms with Crippen LogP contribution >= 0.6 is 15.9 Å². The van der Waals surface area contributed by atoms with Crippen molar-refractivity contribution in [2.45, 2.75) is 13.0 Å². The average molecular weight is 243 g/mol. The summed E-state index contributed by atoms with van der Waals surface area (Å²) in [5.74, 6) is 0. The van der Waals surface area contributed by atoms with Crippen LogP contribution in [0.1, 0.15) is 17.2 Å². The van der Waals surface area contributed by atoms with Gasteiger partial charge in [-0.3, -0.25) is 0 Å². The van der Waals surface area contributed by atoms with Gasteiger partial charge in [-0.2, -0.15) is 0 Å². The molecule has 1 aromatic carbocycles. The summed E-state index contributed by atoms with van der Waals surface area (Å²) >= 11 is 3.45. The lowest BCUT2D eigenvalue weighted by atomic mass is 10.0. The first kappa shape index (κ1) is 10.7. The van der Waals surface area contributed by atoms with E-state index in [0.717, 1.165) is 4.47 Å². The van der Waals surface area contributed by atoms with Gasteiger partial charge in [0.1, 0.15) is 0 Å². The van der Waals surface area contributed by atoms with E-state index in [1.807, 2.05) is 13.1 Å². The molecule has 0 saturated carbocycles. The SMILES string of the molecule is CNC(CN)c1cc(Br)ccc1C. The van der Waals surface area contributed by atoms with Crippen molar-refractivity contribution in [3.8, 4) is 0 Å². The fourth-order valence-electron chi connectivity index (χ4n) is 1.39. The Morgan fingerprint density at radius 2 is 2.23 bits per heavy atom. The Morgan fingerprint density at radius 3 is 2.77 bits per heavy atom. The maximum absolute atomic E-state index is 5.66. The highest BCUT2D eigenvalue weighted by atomic mass is 79.9. The largest absolute Gasteiger partial charge is 0.329 e. The van der Waals surface area contributed by atoms with Crippen molar-refractivity contribution in [2.24, 2.45) is 5.73 Å². The van der Waals surface area contributed by atoms with E-state index >= 15 is 0 Å². The quantitative estimate of drug-likeness (QED) is 0.851. The Morgan fingerprint density at radius 1 is 1.54 bits per heavy atom. The zero-order valence-corrected chi connectivity index (χ0v) is 9.56. The summed E-state index contributed by atoms with van der Waals surface area (Å²) in [4.78, 5) is 0. The Bertz CT molecular complexity index is 282. The second-order valence-corrected chi connectivity index (χ2v) is 3.99.